The van der Waals surface area contributed by atoms with E-state index < -0.39 is 5.97 Å². The molecule has 0 spiro atoms. The third-order valence-corrected chi connectivity index (χ3v) is 5.49. The van der Waals surface area contributed by atoms with Gasteiger partial charge in [-0.25, -0.2) is 0 Å². The highest BCUT2D eigenvalue weighted by Gasteiger charge is 2.32. The van der Waals surface area contributed by atoms with Gasteiger partial charge in [-0.05, 0) is 37.1 Å². The molecule has 162 valence electrons. The number of nitrogens with one attached hydrogen (secondary N) is 1. The number of hydrogen-bond acceptors (Lipinski definition) is 7. The van der Waals surface area contributed by atoms with Crippen LogP contribution in [0.1, 0.15) is 31.7 Å². The minimum absolute atomic E-state index is 0.00386. The Morgan fingerprint density at radius 1 is 1.30 bits per heavy atom. The van der Waals surface area contributed by atoms with Gasteiger partial charge >= 0.3 is 5.97 Å². The number of methoxy groups -OCH3 is 1. The van der Waals surface area contributed by atoms with Crippen LogP contribution in [0.4, 0.5) is 0 Å². The van der Waals surface area contributed by atoms with Crippen LogP contribution in [-0.2, 0) is 14.4 Å². The molecule has 0 unspecified atom stereocenters. The third kappa shape index (κ3) is 6.74. The largest absolute Gasteiger partial charge is 0.493 e. The molecule has 1 saturated heterocycles. The van der Waals surface area contributed by atoms with Gasteiger partial charge in [0, 0.05) is 25.9 Å². The Kier molecular flexibility index (Phi) is 9.13. The highest BCUT2D eigenvalue weighted by atomic mass is 32.2. The van der Waals surface area contributed by atoms with Crippen LogP contribution in [0.25, 0.3) is 6.08 Å². The number of rotatable bonds is 11. The van der Waals surface area contributed by atoms with Crippen LogP contribution in [0.3, 0.4) is 0 Å². The second-order valence-corrected chi connectivity index (χ2v) is 7.95. The van der Waals surface area contributed by atoms with Gasteiger partial charge < -0.3 is 19.9 Å². The number of carbonyl (C=O) groups is 3. The predicted octanol–water partition coefficient (Wildman–Crippen LogP) is 2.67. The Hall–Kier alpha value is -2.59. The van der Waals surface area contributed by atoms with Crippen LogP contribution in [0.5, 0.6) is 11.5 Å². The molecule has 0 aromatic heterocycles. The summed E-state index contributed by atoms with van der Waals surface area (Å²) in [6.07, 6.45) is 2.17. The van der Waals surface area contributed by atoms with Crippen molar-refractivity contribution in [3.05, 3.63) is 28.7 Å². The standard InChI is InChI=1S/C20H24N2O6S2/c1-3-28-14-7-6-13(11-15(14)27-2)12-16-19(26)22(20(29)30-16)10-8-17(23)21-9-4-5-18(24)25/h6-7,11-12H,3-5,8-10H2,1-2H3,(H,21,23)(H,24,25)/b16-12-. The molecule has 0 saturated carbocycles. The summed E-state index contributed by atoms with van der Waals surface area (Å²) in [7, 11) is 1.55. The van der Waals surface area contributed by atoms with Crippen LogP contribution in [0, 0.1) is 0 Å². The van der Waals surface area contributed by atoms with Gasteiger partial charge in [-0.15, -0.1) is 0 Å². The zero-order valence-electron chi connectivity index (χ0n) is 16.8. The molecule has 0 radical (unpaired) electrons. The number of nitrogens with zero attached hydrogens (tertiary/aromatic N) is 1. The van der Waals surface area contributed by atoms with Gasteiger partial charge in [0.1, 0.15) is 4.32 Å². The zero-order chi connectivity index (χ0) is 22.1. The number of thioether (sulfide) groups is 1. The van der Waals surface area contributed by atoms with Gasteiger partial charge in [-0.1, -0.05) is 30.0 Å². The lowest BCUT2D eigenvalue weighted by atomic mass is 10.2. The number of carbonyl (C=O) groups excluding carboxylic acids is 2. The smallest absolute Gasteiger partial charge is 0.303 e. The number of benzene rings is 1. The molecule has 2 amide bonds. The summed E-state index contributed by atoms with van der Waals surface area (Å²) in [5.41, 5.74) is 0.770. The Morgan fingerprint density at radius 3 is 2.73 bits per heavy atom. The van der Waals surface area contributed by atoms with Crippen LogP contribution < -0.4 is 14.8 Å². The van der Waals surface area contributed by atoms with Crippen molar-refractivity contribution in [2.45, 2.75) is 26.2 Å². The van der Waals surface area contributed by atoms with Crippen LogP contribution in [0.2, 0.25) is 0 Å². The van der Waals surface area contributed by atoms with E-state index in [1.807, 2.05) is 13.0 Å². The van der Waals surface area contributed by atoms with E-state index >= 15 is 0 Å². The monoisotopic (exact) mass is 452 g/mol. The Labute approximate surface area is 184 Å². The molecule has 10 heteroatoms. The van der Waals surface area contributed by atoms with Crippen molar-refractivity contribution < 1.29 is 29.0 Å². The van der Waals surface area contributed by atoms with Gasteiger partial charge in [-0.3, -0.25) is 19.3 Å². The Balaban J connectivity index is 1.95. The quantitative estimate of drug-likeness (QED) is 0.300. The predicted molar refractivity (Wildman–Crippen MR) is 119 cm³/mol. The maximum atomic E-state index is 12.7. The first-order valence-electron chi connectivity index (χ1n) is 9.40. The SMILES string of the molecule is CCOc1ccc(/C=C2\SC(=S)N(CCC(=O)NCCCC(=O)O)C2=O)cc1OC. The third-order valence-electron chi connectivity index (χ3n) is 4.11. The number of aliphatic carboxylic acids is 1. The molecular weight excluding hydrogens is 428 g/mol. The minimum Gasteiger partial charge on any atom is -0.493 e. The second-order valence-electron chi connectivity index (χ2n) is 6.27. The van der Waals surface area contributed by atoms with E-state index in [4.69, 9.17) is 26.8 Å². The molecule has 0 bridgehead atoms. The Bertz CT molecular complexity index is 856. The molecule has 8 nitrogen and oxygen atoms in total. The summed E-state index contributed by atoms with van der Waals surface area (Å²) in [4.78, 5) is 36.9. The van der Waals surface area contributed by atoms with Crippen molar-refractivity contribution in [2.75, 3.05) is 26.8 Å². The maximum Gasteiger partial charge on any atom is 0.303 e. The normalized spacial score (nSPS) is 14.9. The topological polar surface area (TPSA) is 105 Å². The van der Waals surface area contributed by atoms with Crippen molar-refractivity contribution in [3.63, 3.8) is 0 Å². The lowest BCUT2D eigenvalue weighted by Crippen LogP contribution is -2.33. The van der Waals surface area contributed by atoms with Gasteiger partial charge in [0.15, 0.2) is 11.5 Å². The number of amides is 2. The van der Waals surface area contributed by atoms with E-state index in [0.717, 1.165) is 5.56 Å². The second kappa shape index (κ2) is 11.6. The number of ether oxygens (including phenoxy) is 2. The summed E-state index contributed by atoms with van der Waals surface area (Å²) >= 11 is 6.47. The van der Waals surface area contributed by atoms with Crippen molar-refractivity contribution in [1.29, 1.82) is 0 Å². The van der Waals surface area contributed by atoms with E-state index in [1.54, 1.807) is 25.3 Å². The first-order valence-corrected chi connectivity index (χ1v) is 10.6. The van der Waals surface area contributed by atoms with Crippen molar-refractivity contribution in [3.8, 4) is 11.5 Å². The van der Waals surface area contributed by atoms with Crippen molar-refractivity contribution in [1.82, 2.24) is 10.2 Å². The van der Waals surface area contributed by atoms with Crippen molar-refractivity contribution >= 4 is 52.2 Å². The average molecular weight is 453 g/mol. The number of thiocarbonyl (C=S) groups is 1. The fraction of sp³-hybridized carbons (Fsp3) is 0.400. The summed E-state index contributed by atoms with van der Waals surface area (Å²) in [6, 6.07) is 5.39. The molecule has 30 heavy (non-hydrogen) atoms. The van der Waals surface area contributed by atoms with E-state index in [2.05, 4.69) is 5.32 Å². The molecule has 2 rings (SSSR count). The highest BCUT2D eigenvalue weighted by molar-refractivity contribution is 8.26. The molecule has 1 aliphatic rings. The molecule has 0 atom stereocenters. The number of carboxylic acids is 1. The maximum absolute atomic E-state index is 12.7. The molecule has 0 aliphatic carbocycles. The van der Waals surface area contributed by atoms with E-state index in [9.17, 15) is 14.4 Å². The summed E-state index contributed by atoms with van der Waals surface area (Å²) in [5.74, 6) is -0.218. The van der Waals surface area contributed by atoms with Crippen LogP contribution in [-0.4, -0.2) is 58.9 Å². The van der Waals surface area contributed by atoms with Gasteiger partial charge in [-0.2, -0.15) is 0 Å². The molecule has 1 aliphatic heterocycles. The Morgan fingerprint density at radius 2 is 2.07 bits per heavy atom. The first kappa shape index (κ1) is 23.7. The molecule has 1 aromatic carbocycles. The van der Waals surface area contributed by atoms with Crippen LogP contribution in [0.15, 0.2) is 23.1 Å². The van der Waals surface area contributed by atoms with Gasteiger partial charge in [0.25, 0.3) is 5.91 Å². The fourth-order valence-corrected chi connectivity index (χ4v) is 3.97. The van der Waals surface area contributed by atoms with Gasteiger partial charge in [0.2, 0.25) is 5.91 Å². The molecule has 1 heterocycles. The average Bonchev–Trinajstić information content (AvgIpc) is 2.97. The van der Waals surface area contributed by atoms with E-state index in [-0.39, 0.29) is 37.7 Å². The minimum atomic E-state index is -0.904. The molecular formula is C20H24N2O6S2. The van der Waals surface area contributed by atoms with E-state index in [0.29, 0.717) is 33.8 Å². The molecule has 2 N–H and O–H groups in total. The lowest BCUT2D eigenvalue weighted by Gasteiger charge is -2.14. The number of hydrogen-bond donors (Lipinski definition) is 2. The summed E-state index contributed by atoms with van der Waals surface area (Å²) < 4.78 is 11.2. The summed E-state index contributed by atoms with van der Waals surface area (Å²) in [6.45, 7) is 2.85. The van der Waals surface area contributed by atoms with Crippen molar-refractivity contribution in [2.24, 2.45) is 0 Å². The zero-order valence-corrected chi connectivity index (χ0v) is 18.4. The first-order chi connectivity index (χ1) is 14.3. The fourth-order valence-electron chi connectivity index (χ4n) is 2.66. The summed E-state index contributed by atoms with van der Waals surface area (Å²) in [5, 5.41) is 11.2. The van der Waals surface area contributed by atoms with E-state index in [1.165, 1.54) is 16.7 Å². The molecule has 1 aromatic rings. The van der Waals surface area contributed by atoms with Gasteiger partial charge in [0.05, 0.1) is 18.6 Å². The number of carboxylic acid groups (broad SMARTS) is 1. The van der Waals surface area contributed by atoms with Crippen LogP contribution >= 0.6 is 24.0 Å². The lowest BCUT2D eigenvalue weighted by molar-refractivity contribution is -0.137. The molecule has 1 fully saturated rings. The highest BCUT2D eigenvalue weighted by Crippen LogP contribution is 2.34.